The van der Waals surface area contributed by atoms with Gasteiger partial charge in [-0.2, -0.15) is 8.42 Å². The Balaban J connectivity index is 1.41. The number of hydrogen-bond donors (Lipinski definition) is 3. The van der Waals surface area contributed by atoms with Crippen LogP contribution in [0.2, 0.25) is 0 Å². The summed E-state index contributed by atoms with van der Waals surface area (Å²) in [5.41, 5.74) is 6.62. The molecule has 4 N–H and O–H groups in total. The number of nitrogens with zero attached hydrogens (tertiary/aromatic N) is 3. The third kappa shape index (κ3) is 4.98. The van der Waals surface area contributed by atoms with Crippen LogP contribution in [0.4, 0.5) is 10.5 Å². The summed E-state index contributed by atoms with van der Waals surface area (Å²) in [4.78, 5) is 18.7. The van der Waals surface area contributed by atoms with Crippen LogP contribution >= 0.6 is 0 Å². The second kappa shape index (κ2) is 8.96. The zero-order valence-corrected chi connectivity index (χ0v) is 17.8. The number of ether oxygens (including phenoxy) is 1. The molecule has 0 aliphatic carbocycles. The standard InChI is InChI=1S/C20H26N6O4S/c21-19-18-16(24-31(28,29)25-19)5-3-6-17(18)30-13-15-4-1-2-11-26(15)20(27)23-12-14-7-9-22-10-8-14/h3,5-7,9-10,14-15,24H,1-2,4,8,11-13H2,(H2,21,25)(H,23,27). The van der Waals surface area contributed by atoms with E-state index in [9.17, 15) is 13.2 Å². The molecule has 0 spiro atoms. The molecule has 2 unspecified atom stereocenters. The monoisotopic (exact) mass is 446 g/mol. The largest absolute Gasteiger partial charge is 0.491 e. The normalized spacial score (nSPS) is 24.0. The summed E-state index contributed by atoms with van der Waals surface area (Å²) in [6, 6.07) is 4.80. The van der Waals surface area contributed by atoms with Gasteiger partial charge in [0.25, 0.3) is 0 Å². The molecule has 0 aromatic heterocycles. The third-order valence-electron chi connectivity index (χ3n) is 5.53. The van der Waals surface area contributed by atoms with Gasteiger partial charge in [-0.1, -0.05) is 12.1 Å². The Bertz CT molecular complexity index is 1040. The van der Waals surface area contributed by atoms with E-state index in [0.29, 0.717) is 30.1 Å². The van der Waals surface area contributed by atoms with Gasteiger partial charge in [-0.3, -0.25) is 9.71 Å². The van der Waals surface area contributed by atoms with E-state index in [4.69, 9.17) is 10.5 Å². The molecule has 3 heterocycles. The number of amides is 2. The second-order valence-corrected chi connectivity index (χ2v) is 9.08. The zero-order chi connectivity index (χ0) is 21.8. The Morgan fingerprint density at radius 1 is 1.35 bits per heavy atom. The van der Waals surface area contributed by atoms with Gasteiger partial charge in [-0.15, -0.1) is 4.40 Å². The molecule has 10 nitrogen and oxygen atoms in total. The second-order valence-electron chi connectivity index (χ2n) is 7.74. The first-order chi connectivity index (χ1) is 14.9. The van der Waals surface area contributed by atoms with E-state index in [2.05, 4.69) is 19.4 Å². The number of hydrogen-bond acceptors (Lipinski definition) is 6. The fraction of sp³-hybridized carbons (Fsp3) is 0.450. The minimum Gasteiger partial charge on any atom is -0.491 e. The number of fused-ring (bicyclic) bond motifs is 1. The van der Waals surface area contributed by atoms with E-state index in [1.807, 2.05) is 17.2 Å². The van der Waals surface area contributed by atoms with E-state index in [1.165, 1.54) is 0 Å². The molecule has 3 aliphatic rings. The molecule has 0 bridgehead atoms. The van der Waals surface area contributed by atoms with Crippen molar-refractivity contribution in [2.24, 2.45) is 21.0 Å². The Labute approximate surface area is 181 Å². The number of urea groups is 1. The van der Waals surface area contributed by atoms with Crippen molar-refractivity contribution in [1.82, 2.24) is 10.2 Å². The molecule has 1 fully saturated rings. The predicted octanol–water partition coefficient (Wildman–Crippen LogP) is 1.61. The molecule has 11 heteroatoms. The minimum absolute atomic E-state index is 0.0912. The lowest BCUT2D eigenvalue weighted by atomic mass is 10.0. The number of nitrogens with two attached hydrogens (primary N) is 1. The summed E-state index contributed by atoms with van der Waals surface area (Å²) in [5, 5.41) is 3.02. The summed E-state index contributed by atoms with van der Waals surface area (Å²) >= 11 is 0. The van der Waals surface area contributed by atoms with E-state index >= 15 is 0 Å². The molecule has 31 heavy (non-hydrogen) atoms. The fourth-order valence-corrected chi connectivity index (χ4v) is 4.79. The molecule has 1 aromatic rings. The highest BCUT2D eigenvalue weighted by atomic mass is 32.2. The smallest absolute Gasteiger partial charge is 0.344 e. The van der Waals surface area contributed by atoms with Crippen LogP contribution in [-0.2, 0) is 10.2 Å². The fourth-order valence-electron chi connectivity index (χ4n) is 3.94. The van der Waals surface area contributed by atoms with Gasteiger partial charge in [0, 0.05) is 31.4 Å². The number of carbonyl (C=O) groups excluding carboxylic acids is 1. The molecule has 3 aliphatic heterocycles. The van der Waals surface area contributed by atoms with Gasteiger partial charge >= 0.3 is 16.2 Å². The van der Waals surface area contributed by atoms with E-state index < -0.39 is 10.2 Å². The van der Waals surface area contributed by atoms with Crippen LogP contribution in [0.25, 0.3) is 0 Å². The maximum atomic E-state index is 12.8. The van der Waals surface area contributed by atoms with Crippen LogP contribution in [0.5, 0.6) is 5.75 Å². The molecule has 2 amide bonds. The quantitative estimate of drug-likeness (QED) is 0.631. The van der Waals surface area contributed by atoms with Crippen molar-refractivity contribution in [3.63, 3.8) is 0 Å². The first kappa shape index (κ1) is 21.2. The van der Waals surface area contributed by atoms with Crippen molar-refractivity contribution < 1.29 is 17.9 Å². The lowest BCUT2D eigenvalue weighted by molar-refractivity contribution is 0.116. The Kier molecular flexibility index (Phi) is 6.12. The van der Waals surface area contributed by atoms with Crippen LogP contribution in [-0.4, -0.2) is 57.1 Å². The van der Waals surface area contributed by atoms with Gasteiger partial charge in [0.15, 0.2) is 5.84 Å². The van der Waals surface area contributed by atoms with Gasteiger partial charge in [-0.25, -0.2) is 4.79 Å². The molecule has 0 radical (unpaired) electrons. The summed E-state index contributed by atoms with van der Waals surface area (Å²) in [6.45, 7) is 1.50. The molecular weight excluding hydrogens is 420 g/mol. The maximum absolute atomic E-state index is 12.8. The molecule has 166 valence electrons. The van der Waals surface area contributed by atoms with Gasteiger partial charge < -0.3 is 20.7 Å². The number of rotatable bonds is 5. The van der Waals surface area contributed by atoms with Crippen LogP contribution in [0.1, 0.15) is 31.2 Å². The first-order valence-corrected chi connectivity index (χ1v) is 11.7. The van der Waals surface area contributed by atoms with E-state index in [-0.39, 0.29) is 30.4 Å². The average Bonchev–Trinajstić information content (AvgIpc) is 2.76. The van der Waals surface area contributed by atoms with Crippen molar-refractivity contribution in [2.75, 3.05) is 24.4 Å². The van der Waals surface area contributed by atoms with Crippen molar-refractivity contribution in [1.29, 1.82) is 0 Å². The van der Waals surface area contributed by atoms with Crippen molar-refractivity contribution >= 4 is 34.0 Å². The Morgan fingerprint density at radius 2 is 2.23 bits per heavy atom. The summed E-state index contributed by atoms with van der Waals surface area (Å²) < 4.78 is 35.4. The minimum atomic E-state index is -3.85. The number of aliphatic imine (C=N–C) groups is 1. The lowest BCUT2D eigenvalue weighted by Gasteiger charge is -2.36. The summed E-state index contributed by atoms with van der Waals surface area (Å²) in [7, 11) is -3.85. The molecule has 1 saturated heterocycles. The molecular formula is C20H26N6O4S. The van der Waals surface area contributed by atoms with Gasteiger partial charge in [0.2, 0.25) is 0 Å². The van der Waals surface area contributed by atoms with Crippen LogP contribution in [0.15, 0.2) is 39.9 Å². The number of amidine groups is 1. The summed E-state index contributed by atoms with van der Waals surface area (Å²) in [5.74, 6) is 0.563. The molecule has 4 rings (SSSR count). The average molecular weight is 447 g/mol. The Morgan fingerprint density at radius 3 is 3.03 bits per heavy atom. The van der Waals surface area contributed by atoms with Crippen LogP contribution < -0.4 is 20.5 Å². The van der Waals surface area contributed by atoms with Crippen LogP contribution in [0, 0.1) is 5.92 Å². The van der Waals surface area contributed by atoms with Gasteiger partial charge in [-0.05, 0) is 37.8 Å². The third-order valence-corrected chi connectivity index (χ3v) is 6.45. The lowest BCUT2D eigenvalue weighted by Crippen LogP contribution is -2.51. The predicted molar refractivity (Wildman–Crippen MR) is 119 cm³/mol. The number of carbonyl (C=O) groups is 1. The Hall–Kier alpha value is -3.08. The van der Waals surface area contributed by atoms with Gasteiger partial charge in [0.05, 0.1) is 17.3 Å². The highest BCUT2D eigenvalue weighted by molar-refractivity contribution is 7.91. The van der Waals surface area contributed by atoms with E-state index in [0.717, 1.165) is 25.7 Å². The summed E-state index contributed by atoms with van der Waals surface area (Å²) in [6.07, 6.45) is 9.20. The number of likely N-dealkylation sites (tertiary alicyclic amines) is 1. The van der Waals surface area contributed by atoms with Crippen molar-refractivity contribution in [3.8, 4) is 5.75 Å². The number of benzene rings is 1. The van der Waals surface area contributed by atoms with Gasteiger partial charge in [0.1, 0.15) is 12.4 Å². The highest BCUT2D eigenvalue weighted by Gasteiger charge is 2.29. The topological polar surface area (TPSA) is 138 Å². The molecule has 1 aromatic carbocycles. The zero-order valence-electron chi connectivity index (χ0n) is 17.0. The maximum Gasteiger partial charge on any atom is 0.344 e. The van der Waals surface area contributed by atoms with Crippen molar-refractivity contribution in [3.05, 3.63) is 36.0 Å². The van der Waals surface area contributed by atoms with Crippen LogP contribution in [0.3, 0.4) is 0 Å². The highest BCUT2D eigenvalue weighted by Crippen LogP contribution is 2.31. The first-order valence-electron chi connectivity index (χ1n) is 10.3. The van der Waals surface area contributed by atoms with E-state index in [1.54, 1.807) is 24.4 Å². The number of anilines is 1. The molecule has 0 saturated carbocycles. The SMILES string of the molecule is NC1=NS(=O)(=O)Nc2cccc(OCC3CCCCN3C(=O)NCC3C=CN=CC3)c21. The number of nitrogens with one attached hydrogen (secondary N) is 2. The molecule has 2 atom stereocenters. The number of piperidine rings is 1. The van der Waals surface area contributed by atoms with Crippen molar-refractivity contribution in [2.45, 2.75) is 31.7 Å².